The fraction of sp³-hybridized carbons (Fsp3) is 0.200. The highest BCUT2D eigenvalue weighted by Crippen LogP contribution is 2.26. The summed E-state index contributed by atoms with van der Waals surface area (Å²) in [7, 11) is -2.42. The second-order valence-electron chi connectivity index (χ2n) is 6.41. The summed E-state index contributed by atoms with van der Waals surface area (Å²) in [4.78, 5) is 0.0541. The highest BCUT2D eigenvalue weighted by Gasteiger charge is 2.20. The quantitative estimate of drug-likeness (QED) is 0.633. The maximum Gasteiger partial charge on any atom is 0.266 e. The van der Waals surface area contributed by atoms with Crippen molar-refractivity contribution in [1.82, 2.24) is 10.2 Å². The molecule has 0 saturated heterocycles. The molecule has 3 aromatic rings. The second kappa shape index (κ2) is 8.26. The Bertz CT molecular complexity index is 1070. The van der Waals surface area contributed by atoms with Crippen molar-refractivity contribution in [3.8, 4) is 5.75 Å². The minimum Gasteiger partial charge on any atom is -0.495 e. The van der Waals surface area contributed by atoms with Crippen LogP contribution in [0.15, 0.2) is 59.5 Å². The van der Waals surface area contributed by atoms with Crippen molar-refractivity contribution in [2.75, 3.05) is 17.1 Å². The van der Waals surface area contributed by atoms with Crippen LogP contribution < -0.4 is 14.8 Å². The number of nitrogens with one attached hydrogen (secondary N) is 2. The molecule has 0 aliphatic carbocycles. The molecule has 0 bridgehead atoms. The molecule has 3 rings (SSSR count). The summed E-state index contributed by atoms with van der Waals surface area (Å²) in [5.41, 5.74) is 3.11. The van der Waals surface area contributed by atoms with Crippen molar-refractivity contribution in [3.63, 3.8) is 0 Å². The molecule has 28 heavy (non-hydrogen) atoms. The van der Waals surface area contributed by atoms with E-state index in [2.05, 4.69) is 26.3 Å². The molecule has 7 nitrogen and oxygen atoms in total. The third kappa shape index (κ3) is 4.77. The first kappa shape index (κ1) is 19.6. The minimum atomic E-state index is -3.85. The van der Waals surface area contributed by atoms with Gasteiger partial charge in [-0.05, 0) is 49.2 Å². The van der Waals surface area contributed by atoms with Gasteiger partial charge in [0.15, 0.2) is 5.82 Å². The van der Waals surface area contributed by atoms with Crippen LogP contribution in [0.4, 0.5) is 11.6 Å². The number of anilines is 2. The average molecular weight is 398 g/mol. The first-order valence-corrected chi connectivity index (χ1v) is 10.2. The van der Waals surface area contributed by atoms with Gasteiger partial charge < -0.3 is 10.1 Å². The lowest BCUT2D eigenvalue weighted by Gasteiger charge is -2.12. The number of hydrogen-bond donors (Lipinski definition) is 2. The van der Waals surface area contributed by atoms with Gasteiger partial charge in [-0.25, -0.2) is 8.42 Å². The van der Waals surface area contributed by atoms with Gasteiger partial charge >= 0.3 is 0 Å². The van der Waals surface area contributed by atoms with Gasteiger partial charge in [-0.15, -0.1) is 10.2 Å². The first-order valence-electron chi connectivity index (χ1n) is 8.68. The van der Waals surface area contributed by atoms with E-state index in [1.807, 2.05) is 32.0 Å². The van der Waals surface area contributed by atoms with Gasteiger partial charge in [-0.2, -0.15) is 0 Å². The summed E-state index contributed by atoms with van der Waals surface area (Å²) < 4.78 is 33.0. The van der Waals surface area contributed by atoms with Crippen LogP contribution in [0.2, 0.25) is 0 Å². The highest BCUT2D eigenvalue weighted by molar-refractivity contribution is 7.92. The lowest BCUT2D eigenvalue weighted by Crippen LogP contribution is -2.15. The van der Waals surface area contributed by atoms with Gasteiger partial charge in [0.2, 0.25) is 0 Å². The van der Waals surface area contributed by atoms with E-state index in [0.717, 1.165) is 11.1 Å². The third-order valence-corrected chi connectivity index (χ3v) is 5.44. The topological polar surface area (TPSA) is 93.2 Å². The predicted molar refractivity (Wildman–Crippen MR) is 109 cm³/mol. The molecule has 8 heteroatoms. The molecule has 1 aromatic heterocycles. The highest BCUT2D eigenvalue weighted by atomic mass is 32.2. The van der Waals surface area contributed by atoms with Gasteiger partial charge in [-0.3, -0.25) is 4.72 Å². The number of sulfonamides is 1. The number of methoxy groups -OCH3 is 1. The molecular weight excluding hydrogens is 376 g/mol. The standard InChI is InChI=1S/C20H22N4O3S/c1-14-5-4-6-16(11-14)13-21-19-9-10-20(23-22-19)24-28(25,26)18-12-15(2)7-8-17(18)27-3/h4-12H,13H2,1-3H3,(H,21,22)(H,23,24). The van der Waals surface area contributed by atoms with Gasteiger partial charge in [-0.1, -0.05) is 35.9 Å². The van der Waals surface area contributed by atoms with E-state index in [9.17, 15) is 8.42 Å². The minimum absolute atomic E-state index is 0.0541. The smallest absolute Gasteiger partial charge is 0.266 e. The molecule has 0 amide bonds. The Labute approximate surface area is 164 Å². The monoisotopic (exact) mass is 398 g/mol. The van der Waals surface area contributed by atoms with E-state index in [1.165, 1.54) is 12.7 Å². The molecule has 0 aliphatic rings. The Hall–Kier alpha value is -3.13. The van der Waals surface area contributed by atoms with Crippen LogP contribution in [0.25, 0.3) is 0 Å². The second-order valence-corrected chi connectivity index (χ2v) is 8.06. The van der Waals surface area contributed by atoms with Crippen LogP contribution in [0, 0.1) is 13.8 Å². The summed E-state index contributed by atoms with van der Waals surface area (Å²) in [5, 5.41) is 11.2. The Kier molecular flexibility index (Phi) is 5.79. The average Bonchev–Trinajstić information content (AvgIpc) is 2.67. The molecule has 0 spiro atoms. The summed E-state index contributed by atoms with van der Waals surface area (Å²) >= 11 is 0. The lowest BCUT2D eigenvalue weighted by atomic mass is 10.1. The van der Waals surface area contributed by atoms with E-state index in [-0.39, 0.29) is 16.5 Å². The van der Waals surface area contributed by atoms with Crippen LogP contribution in [-0.2, 0) is 16.6 Å². The largest absolute Gasteiger partial charge is 0.495 e. The summed E-state index contributed by atoms with van der Waals surface area (Å²) in [6.45, 7) is 4.45. The molecule has 2 N–H and O–H groups in total. The van der Waals surface area contributed by atoms with Gasteiger partial charge in [0.1, 0.15) is 16.5 Å². The third-order valence-electron chi connectivity index (χ3n) is 4.07. The van der Waals surface area contributed by atoms with Crippen LogP contribution in [-0.4, -0.2) is 25.7 Å². The molecule has 0 aliphatic heterocycles. The molecule has 0 fully saturated rings. The summed E-state index contributed by atoms with van der Waals surface area (Å²) in [5.74, 6) is 0.949. The molecule has 0 saturated carbocycles. The molecule has 0 radical (unpaired) electrons. The van der Waals surface area contributed by atoms with E-state index >= 15 is 0 Å². The maximum absolute atomic E-state index is 12.7. The number of aryl methyl sites for hydroxylation is 2. The number of ether oxygens (including phenoxy) is 1. The molecule has 146 valence electrons. The zero-order chi connectivity index (χ0) is 20.1. The van der Waals surface area contributed by atoms with E-state index < -0.39 is 10.0 Å². The van der Waals surface area contributed by atoms with Crippen LogP contribution in [0.1, 0.15) is 16.7 Å². The Morgan fingerprint density at radius 3 is 2.32 bits per heavy atom. The van der Waals surface area contributed by atoms with E-state index in [0.29, 0.717) is 12.4 Å². The molecule has 0 atom stereocenters. The maximum atomic E-state index is 12.7. The number of rotatable bonds is 7. The van der Waals surface area contributed by atoms with Crippen molar-refractivity contribution in [2.24, 2.45) is 0 Å². The molecule has 1 heterocycles. The van der Waals surface area contributed by atoms with Crippen molar-refractivity contribution in [1.29, 1.82) is 0 Å². The fourth-order valence-corrected chi connectivity index (χ4v) is 3.93. The van der Waals surface area contributed by atoms with Gasteiger partial charge in [0, 0.05) is 6.54 Å². The number of hydrogen-bond acceptors (Lipinski definition) is 6. The number of aromatic nitrogens is 2. The van der Waals surface area contributed by atoms with E-state index in [4.69, 9.17) is 4.74 Å². The van der Waals surface area contributed by atoms with Crippen molar-refractivity contribution in [3.05, 3.63) is 71.3 Å². The Morgan fingerprint density at radius 1 is 0.929 bits per heavy atom. The fourth-order valence-electron chi connectivity index (χ4n) is 2.68. The van der Waals surface area contributed by atoms with Crippen LogP contribution >= 0.6 is 0 Å². The molecule has 0 unspecified atom stereocenters. The Morgan fingerprint density at radius 2 is 1.64 bits per heavy atom. The van der Waals surface area contributed by atoms with Crippen LogP contribution in [0.3, 0.4) is 0 Å². The van der Waals surface area contributed by atoms with Crippen molar-refractivity contribution in [2.45, 2.75) is 25.3 Å². The number of benzene rings is 2. The van der Waals surface area contributed by atoms with E-state index in [1.54, 1.807) is 30.3 Å². The van der Waals surface area contributed by atoms with Gasteiger partial charge in [0.05, 0.1) is 7.11 Å². The zero-order valence-electron chi connectivity index (χ0n) is 15.9. The van der Waals surface area contributed by atoms with Crippen molar-refractivity contribution < 1.29 is 13.2 Å². The van der Waals surface area contributed by atoms with Crippen molar-refractivity contribution >= 4 is 21.7 Å². The van der Waals surface area contributed by atoms with Gasteiger partial charge in [0.25, 0.3) is 10.0 Å². The van der Waals surface area contributed by atoms with Crippen LogP contribution in [0.5, 0.6) is 5.75 Å². The zero-order valence-corrected chi connectivity index (χ0v) is 16.7. The molecule has 2 aromatic carbocycles. The lowest BCUT2D eigenvalue weighted by molar-refractivity contribution is 0.402. The SMILES string of the molecule is COc1ccc(C)cc1S(=O)(=O)Nc1ccc(NCc2cccc(C)c2)nn1. The first-order chi connectivity index (χ1) is 13.4. The summed E-state index contributed by atoms with van der Waals surface area (Å²) in [6, 6.07) is 16.3. The molecular formula is C20H22N4O3S. The predicted octanol–water partition coefficient (Wildman–Crippen LogP) is 3.51. The summed E-state index contributed by atoms with van der Waals surface area (Å²) in [6.07, 6.45) is 0. The Balaban J connectivity index is 1.71. The number of nitrogens with zero attached hydrogens (tertiary/aromatic N) is 2. The normalized spacial score (nSPS) is 11.1.